The standard InChI is InChI=1S/C32H34N4O3/c1-20-14-25-15-23(24-4-7-29-31(17-24)36-21(2)35-29)5-9-32(25)39-11-10-22(20)16-30-27-18-26(38-13-12-37-3)6-8-28(27)33-19-34-30/h4-9,15,17-20,22H,10-14,16H2,1-3H3,(H,35,36). The molecule has 1 N–H and O–H groups in total. The molecule has 200 valence electrons. The highest BCUT2D eigenvalue weighted by atomic mass is 16.5. The molecule has 0 fully saturated rings. The van der Waals surface area contributed by atoms with Crippen molar-refractivity contribution in [2.75, 3.05) is 26.9 Å². The lowest BCUT2D eigenvalue weighted by Crippen LogP contribution is -2.23. The van der Waals surface area contributed by atoms with E-state index in [0.29, 0.717) is 31.7 Å². The molecule has 0 amide bonds. The number of aryl methyl sites for hydroxylation is 1. The van der Waals surface area contributed by atoms with Crippen LogP contribution in [0.15, 0.2) is 60.9 Å². The molecule has 39 heavy (non-hydrogen) atoms. The van der Waals surface area contributed by atoms with E-state index >= 15 is 0 Å². The third-order valence-electron chi connectivity index (χ3n) is 7.79. The maximum absolute atomic E-state index is 6.29. The van der Waals surface area contributed by atoms with E-state index in [9.17, 15) is 0 Å². The van der Waals surface area contributed by atoms with Gasteiger partial charge in [-0.2, -0.15) is 0 Å². The number of imidazole rings is 1. The van der Waals surface area contributed by atoms with Crippen LogP contribution in [0.4, 0.5) is 0 Å². The summed E-state index contributed by atoms with van der Waals surface area (Å²) >= 11 is 0. The average molecular weight is 523 g/mol. The number of fused-ring (bicyclic) bond motifs is 3. The molecular formula is C32H34N4O3. The molecule has 0 bridgehead atoms. The first kappa shape index (κ1) is 25.3. The first-order chi connectivity index (χ1) is 19.1. The van der Waals surface area contributed by atoms with Crippen LogP contribution < -0.4 is 9.47 Å². The molecule has 2 atom stereocenters. The zero-order valence-corrected chi connectivity index (χ0v) is 22.7. The van der Waals surface area contributed by atoms with Crippen molar-refractivity contribution in [1.29, 1.82) is 0 Å². The van der Waals surface area contributed by atoms with Crippen molar-refractivity contribution >= 4 is 21.9 Å². The Morgan fingerprint density at radius 3 is 2.72 bits per heavy atom. The topological polar surface area (TPSA) is 82.2 Å². The van der Waals surface area contributed by atoms with Crippen LogP contribution >= 0.6 is 0 Å². The Kier molecular flexibility index (Phi) is 7.16. The van der Waals surface area contributed by atoms with Gasteiger partial charge >= 0.3 is 0 Å². The van der Waals surface area contributed by atoms with Gasteiger partial charge < -0.3 is 19.2 Å². The molecule has 7 heteroatoms. The number of H-pyrrole nitrogens is 1. The SMILES string of the molecule is COCCOc1ccc2ncnc(CC3CCOc4ccc(-c5ccc6nc(C)[nH]c6c5)cc4CC3C)c2c1. The number of aromatic nitrogens is 4. The Morgan fingerprint density at radius 2 is 1.82 bits per heavy atom. The van der Waals surface area contributed by atoms with Crippen molar-refractivity contribution in [3.05, 3.63) is 78.0 Å². The molecular weight excluding hydrogens is 488 g/mol. The Bertz CT molecular complexity index is 1610. The molecule has 5 aromatic rings. The zero-order chi connectivity index (χ0) is 26.8. The molecule has 0 radical (unpaired) electrons. The molecule has 0 saturated heterocycles. The summed E-state index contributed by atoms with van der Waals surface area (Å²) in [6.45, 7) is 6.10. The number of hydrogen-bond donors (Lipinski definition) is 1. The zero-order valence-electron chi connectivity index (χ0n) is 22.7. The molecule has 2 aromatic heterocycles. The third kappa shape index (κ3) is 5.45. The van der Waals surface area contributed by atoms with Gasteiger partial charge in [-0.1, -0.05) is 19.1 Å². The maximum Gasteiger partial charge on any atom is 0.122 e. The van der Waals surface area contributed by atoms with Crippen molar-refractivity contribution in [2.45, 2.75) is 33.1 Å². The number of rotatable bonds is 7. The second-order valence-electron chi connectivity index (χ2n) is 10.5. The number of benzene rings is 3. The van der Waals surface area contributed by atoms with E-state index in [1.54, 1.807) is 13.4 Å². The second-order valence-corrected chi connectivity index (χ2v) is 10.5. The van der Waals surface area contributed by atoms with E-state index in [1.807, 2.05) is 19.1 Å². The van der Waals surface area contributed by atoms with Gasteiger partial charge in [0.2, 0.25) is 0 Å². The molecule has 2 unspecified atom stereocenters. The van der Waals surface area contributed by atoms with Crippen LogP contribution in [0.25, 0.3) is 33.1 Å². The molecule has 3 aromatic carbocycles. The highest BCUT2D eigenvalue weighted by molar-refractivity contribution is 5.83. The highest BCUT2D eigenvalue weighted by Gasteiger charge is 2.24. The van der Waals surface area contributed by atoms with Crippen LogP contribution in [-0.4, -0.2) is 46.9 Å². The van der Waals surface area contributed by atoms with E-state index in [-0.39, 0.29) is 0 Å². The van der Waals surface area contributed by atoms with Crippen LogP contribution in [0.3, 0.4) is 0 Å². The minimum Gasteiger partial charge on any atom is -0.493 e. The summed E-state index contributed by atoms with van der Waals surface area (Å²) in [6, 6.07) is 19.0. The number of nitrogens with zero attached hydrogens (tertiary/aromatic N) is 3. The van der Waals surface area contributed by atoms with Gasteiger partial charge in [0.15, 0.2) is 0 Å². The summed E-state index contributed by atoms with van der Waals surface area (Å²) in [4.78, 5) is 17.1. The normalized spacial score (nSPS) is 17.4. The monoisotopic (exact) mass is 522 g/mol. The number of ether oxygens (including phenoxy) is 3. The Labute approximate surface area is 228 Å². The van der Waals surface area contributed by atoms with Crippen molar-refractivity contribution < 1.29 is 14.2 Å². The quantitative estimate of drug-likeness (QED) is 0.252. The highest BCUT2D eigenvalue weighted by Crippen LogP contribution is 2.35. The molecule has 7 nitrogen and oxygen atoms in total. The van der Waals surface area contributed by atoms with Gasteiger partial charge in [0.05, 0.1) is 35.5 Å². The second kappa shape index (κ2) is 11.0. The fourth-order valence-electron chi connectivity index (χ4n) is 5.63. The number of methoxy groups -OCH3 is 1. The molecule has 1 aliphatic rings. The van der Waals surface area contributed by atoms with Crippen LogP contribution in [0, 0.1) is 18.8 Å². The Hall–Kier alpha value is -3.97. The van der Waals surface area contributed by atoms with Crippen LogP contribution in [0.2, 0.25) is 0 Å². The summed E-state index contributed by atoms with van der Waals surface area (Å²) < 4.78 is 17.3. The Balaban J connectivity index is 1.24. The summed E-state index contributed by atoms with van der Waals surface area (Å²) in [5.41, 5.74) is 7.68. The average Bonchev–Trinajstić information content (AvgIpc) is 3.32. The minimum atomic E-state index is 0.433. The van der Waals surface area contributed by atoms with Crippen molar-refractivity contribution in [2.24, 2.45) is 11.8 Å². The van der Waals surface area contributed by atoms with E-state index in [0.717, 1.165) is 64.2 Å². The molecule has 3 heterocycles. The predicted molar refractivity (Wildman–Crippen MR) is 153 cm³/mol. The van der Waals surface area contributed by atoms with Gasteiger partial charge in [0.1, 0.15) is 30.3 Å². The maximum atomic E-state index is 6.29. The van der Waals surface area contributed by atoms with Gasteiger partial charge in [-0.05, 0) is 97.2 Å². The largest absolute Gasteiger partial charge is 0.493 e. The lowest BCUT2D eigenvalue weighted by atomic mass is 9.81. The molecule has 1 aliphatic heterocycles. The lowest BCUT2D eigenvalue weighted by Gasteiger charge is -2.28. The third-order valence-corrected chi connectivity index (χ3v) is 7.79. The van der Waals surface area contributed by atoms with E-state index in [2.05, 4.69) is 64.3 Å². The predicted octanol–water partition coefficient (Wildman–Crippen LogP) is 6.33. The number of nitrogens with one attached hydrogen (secondary N) is 1. The molecule has 0 saturated carbocycles. The van der Waals surface area contributed by atoms with Gasteiger partial charge in [0.25, 0.3) is 0 Å². The van der Waals surface area contributed by atoms with Gasteiger partial charge in [-0.3, -0.25) is 0 Å². The lowest BCUT2D eigenvalue weighted by molar-refractivity contribution is 0.146. The van der Waals surface area contributed by atoms with Crippen molar-refractivity contribution in [3.8, 4) is 22.6 Å². The van der Waals surface area contributed by atoms with Crippen molar-refractivity contribution in [3.63, 3.8) is 0 Å². The van der Waals surface area contributed by atoms with Gasteiger partial charge in [0, 0.05) is 12.5 Å². The van der Waals surface area contributed by atoms with E-state index in [1.165, 1.54) is 16.7 Å². The smallest absolute Gasteiger partial charge is 0.122 e. The first-order valence-corrected chi connectivity index (χ1v) is 13.6. The van der Waals surface area contributed by atoms with Gasteiger partial charge in [-0.15, -0.1) is 0 Å². The molecule has 6 rings (SSSR count). The van der Waals surface area contributed by atoms with Crippen LogP contribution in [0.1, 0.15) is 30.4 Å². The minimum absolute atomic E-state index is 0.433. The summed E-state index contributed by atoms with van der Waals surface area (Å²) in [5, 5.41) is 1.05. The molecule has 0 aliphatic carbocycles. The number of aromatic amines is 1. The van der Waals surface area contributed by atoms with Crippen molar-refractivity contribution in [1.82, 2.24) is 19.9 Å². The first-order valence-electron chi connectivity index (χ1n) is 13.6. The fourth-order valence-corrected chi connectivity index (χ4v) is 5.63. The van der Waals surface area contributed by atoms with E-state index < -0.39 is 0 Å². The molecule has 0 spiro atoms. The summed E-state index contributed by atoms with van der Waals surface area (Å²) in [7, 11) is 1.68. The fraction of sp³-hybridized carbons (Fsp3) is 0.344. The van der Waals surface area contributed by atoms with E-state index in [4.69, 9.17) is 19.2 Å². The summed E-state index contributed by atoms with van der Waals surface area (Å²) in [5.74, 6) is 3.64. The van der Waals surface area contributed by atoms with Crippen LogP contribution in [-0.2, 0) is 17.6 Å². The Morgan fingerprint density at radius 1 is 0.974 bits per heavy atom. The number of hydrogen-bond acceptors (Lipinski definition) is 6. The van der Waals surface area contributed by atoms with Crippen LogP contribution in [0.5, 0.6) is 11.5 Å². The van der Waals surface area contributed by atoms with Gasteiger partial charge in [-0.25, -0.2) is 15.0 Å². The summed E-state index contributed by atoms with van der Waals surface area (Å²) in [6.07, 6.45) is 4.48.